The lowest BCUT2D eigenvalue weighted by molar-refractivity contribution is -0.141. The highest BCUT2D eigenvalue weighted by Gasteiger charge is 2.21. The maximum atomic E-state index is 12.1. The molecule has 1 aromatic rings. The number of morpholine rings is 1. The Hall–Kier alpha value is -1.38. The van der Waals surface area contributed by atoms with Crippen LogP contribution in [0, 0.1) is 0 Å². The minimum Gasteiger partial charge on any atom is -0.480 e. The van der Waals surface area contributed by atoms with Crippen molar-refractivity contribution in [1.29, 1.82) is 0 Å². The van der Waals surface area contributed by atoms with Crippen LogP contribution in [0.2, 0.25) is 10.0 Å². The van der Waals surface area contributed by atoms with E-state index in [1.165, 1.54) is 6.07 Å². The Kier molecular flexibility index (Phi) is 7.92. The topological polar surface area (TPSA) is 90.9 Å². The van der Waals surface area contributed by atoms with Gasteiger partial charge in [-0.3, -0.25) is 14.5 Å². The molecule has 3 N–H and O–H groups in total. The number of benzene rings is 1. The molecule has 0 radical (unpaired) electrons. The van der Waals surface area contributed by atoms with E-state index in [2.05, 4.69) is 15.5 Å². The van der Waals surface area contributed by atoms with Gasteiger partial charge in [0.1, 0.15) is 6.04 Å². The van der Waals surface area contributed by atoms with Crippen LogP contribution in [0.5, 0.6) is 0 Å². The molecule has 25 heavy (non-hydrogen) atoms. The smallest absolute Gasteiger partial charge is 0.321 e. The SMILES string of the molecule is O=C(C[C@H](NCCN1CCOCC1)C(=O)O)Nc1ccc(Cl)c(Cl)c1. The molecule has 0 aliphatic carbocycles. The van der Waals surface area contributed by atoms with Crippen LogP contribution >= 0.6 is 23.2 Å². The van der Waals surface area contributed by atoms with Crippen molar-refractivity contribution in [2.75, 3.05) is 44.7 Å². The number of carbonyl (C=O) groups is 2. The molecule has 1 amide bonds. The number of carboxylic acids is 1. The number of anilines is 1. The summed E-state index contributed by atoms with van der Waals surface area (Å²) in [5.41, 5.74) is 0.469. The fraction of sp³-hybridized carbons (Fsp3) is 0.500. The fourth-order valence-corrected chi connectivity index (χ4v) is 2.74. The summed E-state index contributed by atoms with van der Waals surface area (Å²) in [4.78, 5) is 25.6. The maximum absolute atomic E-state index is 12.1. The molecular weight excluding hydrogens is 369 g/mol. The maximum Gasteiger partial charge on any atom is 0.321 e. The Bertz CT molecular complexity index is 609. The first-order chi connectivity index (χ1) is 12.0. The molecule has 0 bridgehead atoms. The van der Waals surface area contributed by atoms with Crippen LogP contribution in [-0.2, 0) is 14.3 Å². The summed E-state index contributed by atoms with van der Waals surface area (Å²) in [5, 5.41) is 15.5. The Balaban J connectivity index is 1.79. The normalized spacial score (nSPS) is 16.4. The molecule has 1 aliphatic rings. The van der Waals surface area contributed by atoms with Crippen molar-refractivity contribution in [2.45, 2.75) is 12.5 Å². The van der Waals surface area contributed by atoms with Gasteiger partial charge in [0.15, 0.2) is 0 Å². The number of ether oxygens (including phenoxy) is 1. The summed E-state index contributed by atoms with van der Waals surface area (Å²) in [6, 6.07) is 3.73. The molecule has 138 valence electrons. The molecule has 1 saturated heterocycles. The van der Waals surface area contributed by atoms with E-state index < -0.39 is 17.9 Å². The van der Waals surface area contributed by atoms with Crippen molar-refractivity contribution in [2.24, 2.45) is 0 Å². The van der Waals surface area contributed by atoms with E-state index >= 15 is 0 Å². The first-order valence-corrected chi connectivity index (χ1v) is 8.72. The van der Waals surface area contributed by atoms with Crippen LogP contribution in [0.25, 0.3) is 0 Å². The average molecular weight is 390 g/mol. The molecule has 1 aromatic carbocycles. The van der Waals surface area contributed by atoms with E-state index in [4.69, 9.17) is 27.9 Å². The number of nitrogens with zero attached hydrogens (tertiary/aromatic N) is 1. The Morgan fingerprint density at radius 3 is 2.60 bits per heavy atom. The summed E-state index contributed by atoms with van der Waals surface area (Å²) < 4.78 is 5.26. The quantitative estimate of drug-likeness (QED) is 0.626. The van der Waals surface area contributed by atoms with Gasteiger partial charge in [0.05, 0.1) is 29.7 Å². The standard InChI is InChI=1S/C16H21Cl2N3O4/c17-12-2-1-11(9-13(12)18)20-15(22)10-14(16(23)24)19-3-4-21-5-7-25-8-6-21/h1-2,9,14,19H,3-8,10H2,(H,20,22)(H,23,24)/t14-/m0/s1. The highest BCUT2D eigenvalue weighted by Crippen LogP contribution is 2.25. The van der Waals surface area contributed by atoms with Gasteiger partial charge in [-0.05, 0) is 18.2 Å². The second kappa shape index (κ2) is 9.94. The minimum atomic E-state index is -1.06. The number of amides is 1. The first kappa shape index (κ1) is 19.9. The van der Waals surface area contributed by atoms with E-state index in [0.29, 0.717) is 42.0 Å². The third-order valence-corrected chi connectivity index (χ3v) is 4.55. The van der Waals surface area contributed by atoms with Gasteiger partial charge in [-0.15, -0.1) is 0 Å². The monoisotopic (exact) mass is 389 g/mol. The van der Waals surface area contributed by atoms with Crippen molar-refractivity contribution in [3.63, 3.8) is 0 Å². The summed E-state index contributed by atoms with van der Waals surface area (Å²) >= 11 is 11.7. The number of carboxylic acid groups (broad SMARTS) is 1. The summed E-state index contributed by atoms with van der Waals surface area (Å²) in [6.07, 6.45) is -0.182. The Labute approximate surface area is 156 Å². The number of aliphatic carboxylic acids is 1. The van der Waals surface area contributed by atoms with Gasteiger partial charge in [0, 0.05) is 31.9 Å². The Morgan fingerprint density at radius 1 is 1.24 bits per heavy atom. The highest BCUT2D eigenvalue weighted by atomic mass is 35.5. The number of rotatable bonds is 8. The molecule has 1 atom stereocenters. The van der Waals surface area contributed by atoms with Crippen molar-refractivity contribution < 1.29 is 19.4 Å². The second-order valence-corrected chi connectivity index (χ2v) is 6.49. The van der Waals surface area contributed by atoms with E-state index in [0.717, 1.165) is 13.1 Å². The largest absolute Gasteiger partial charge is 0.480 e. The van der Waals surface area contributed by atoms with Crippen LogP contribution in [0.3, 0.4) is 0 Å². The first-order valence-electron chi connectivity index (χ1n) is 7.97. The lowest BCUT2D eigenvalue weighted by Crippen LogP contribution is -2.45. The summed E-state index contributed by atoms with van der Waals surface area (Å²) in [7, 11) is 0. The fourth-order valence-electron chi connectivity index (χ4n) is 2.44. The van der Waals surface area contributed by atoms with Crippen LogP contribution in [0.1, 0.15) is 6.42 Å². The van der Waals surface area contributed by atoms with Gasteiger partial charge in [-0.2, -0.15) is 0 Å². The summed E-state index contributed by atoms with van der Waals surface area (Å²) in [5.74, 6) is -1.48. The zero-order valence-electron chi connectivity index (χ0n) is 13.6. The zero-order chi connectivity index (χ0) is 18.2. The number of nitrogens with one attached hydrogen (secondary N) is 2. The third-order valence-electron chi connectivity index (χ3n) is 3.81. The molecule has 1 heterocycles. The van der Waals surface area contributed by atoms with E-state index in [-0.39, 0.29) is 6.42 Å². The van der Waals surface area contributed by atoms with Gasteiger partial charge in [-0.25, -0.2) is 0 Å². The average Bonchev–Trinajstić information content (AvgIpc) is 2.58. The van der Waals surface area contributed by atoms with E-state index in [1.54, 1.807) is 12.1 Å². The molecule has 0 unspecified atom stereocenters. The molecule has 0 saturated carbocycles. The predicted octanol–water partition coefficient (Wildman–Crippen LogP) is 1.70. The number of carbonyl (C=O) groups excluding carboxylic acids is 1. The lowest BCUT2D eigenvalue weighted by atomic mass is 10.2. The van der Waals surface area contributed by atoms with Gasteiger partial charge < -0.3 is 20.5 Å². The Morgan fingerprint density at radius 2 is 1.96 bits per heavy atom. The van der Waals surface area contributed by atoms with Gasteiger partial charge in [0.25, 0.3) is 0 Å². The number of halogens is 2. The van der Waals surface area contributed by atoms with Crippen LogP contribution < -0.4 is 10.6 Å². The minimum absolute atomic E-state index is 0.182. The number of hydrogen-bond donors (Lipinski definition) is 3. The molecule has 7 nitrogen and oxygen atoms in total. The van der Waals surface area contributed by atoms with Crippen molar-refractivity contribution in [1.82, 2.24) is 10.2 Å². The van der Waals surface area contributed by atoms with Gasteiger partial charge in [0.2, 0.25) is 5.91 Å². The highest BCUT2D eigenvalue weighted by molar-refractivity contribution is 6.42. The lowest BCUT2D eigenvalue weighted by Gasteiger charge is -2.27. The second-order valence-electron chi connectivity index (χ2n) is 5.68. The molecule has 0 aromatic heterocycles. The van der Waals surface area contributed by atoms with Gasteiger partial charge in [-0.1, -0.05) is 23.2 Å². The molecule has 1 aliphatic heterocycles. The van der Waals surface area contributed by atoms with Crippen LogP contribution in [-0.4, -0.2) is 67.3 Å². The molecule has 0 spiro atoms. The van der Waals surface area contributed by atoms with E-state index in [1.807, 2.05) is 0 Å². The van der Waals surface area contributed by atoms with Crippen molar-refractivity contribution in [3.05, 3.63) is 28.2 Å². The summed E-state index contributed by atoms with van der Waals surface area (Å²) in [6.45, 7) is 4.23. The van der Waals surface area contributed by atoms with E-state index in [9.17, 15) is 14.7 Å². The predicted molar refractivity (Wildman–Crippen MR) is 96.4 cm³/mol. The number of hydrogen-bond acceptors (Lipinski definition) is 5. The molecule has 1 fully saturated rings. The van der Waals surface area contributed by atoms with Gasteiger partial charge >= 0.3 is 5.97 Å². The van der Waals surface area contributed by atoms with Crippen molar-refractivity contribution in [3.8, 4) is 0 Å². The third kappa shape index (κ3) is 6.80. The zero-order valence-corrected chi connectivity index (χ0v) is 15.1. The van der Waals surface area contributed by atoms with Crippen LogP contribution in [0.4, 0.5) is 5.69 Å². The molecule has 9 heteroatoms. The van der Waals surface area contributed by atoms with Crippen molar-refractivity contribution >= 4 is 40.8 Å². The molecule has 2 rings (SSSR count). The molecular formula is C16H21Cl2N3O4. The van der Waals surface area contributed by atoms with Crippen LogP contribution in [0.15, 0.2) is 18.2 Å².